The van der Waals surface area contributed by atoms with Crippen molar-refractivity contribution in [3.63, 3.8) is 0 Å². The predicted octanol–water partition coefficient (Wildman–Crippen LogP) is 3.21. The van der Waals surface area contributed by atoms with Gasteiger partial charge in [-0.1, -0.05) is 11.6 Å². The molecule has 0 aliphatic rings. The van der Waals surface area contributed by atoms with Crippen LogP contribution in [0.5, 0.6) is 0 Å². The molecule has 2 rings (SSSR count). The van der Waals surface area contributed by atoms with Crippen LogP contribution in [0.1, 0.15) is 26.4 Å². The number of carbonyl (C=O) groups excluding carboxylic acids is 1. The third-order valence-electron chi connectivity index (χ3n) is 2.79. The molecule has 0 aliphatic carbocycles. The van der Waals surface area contributed by atoms with Crippen molar-refractivity contribution in [3.8, 4) is 0 Å². The Balaban J connectivity index is 2.35. The number of aryl methyl sites for hydroxylation is 1. The first-order chi connectivity index (χ1) is 9.81. The van der Waals surface area contributed by atoms with Gasteiger partial charge >= 0.3 is 5.97 Å². The summed E-state index contributed by atoms with van der Waals surface area (Å²) in [4.78, 5) is 25.6. The Labute approximate surface area is 122 Å². The van der Waals surface area contributed by atoms with E-state index in [9.17, 15) is 18.4 Å². The number of carbonyl (C=O) groups is 2. The molecule has 1 aromatic heterocycles. The van der Waals surface area contributed by atoms with Crippen LogP contribution in [0.3, 0.4) is 0 Å². The zero-order valence-corrected chi connectivity index (χ0v) is 11.4. The highest BCUT2D eigenvalue weighted by Crippen LogP contribution is 2.23. The number of carboxylic acids is 1. The van der Waals surface area contributed by atoms with E-state index >= 15 is 0 Å². The summed E-state index contributed by atoms with van der Waals surface area (Å²) in [5.41, 5.74) is -0.453. The van der Waals surface area contributed by atoms with Gasteiger partial charge < -0.3 is 15.4 Å². The van der Waals surface area contributed by atoms with Gasteiger partial charge in [0, 0.05) is 11.9 Å². The smallest absolute Gasteiger partial charge is 0.339 e. The van der Waals surface area contributed by atoms with E-state index < -0.39 is 34.1 Å². The SMILES string of the molecule is Cc1[nH]cc(NC(=O)c2cc(F)c(Cl)cc2F)c1C(=O)O. The number of benzene rings is 1. The fourth-order valence-electron chi connectivity index (χ4n) is 1.79. The van der Waals surface area contributed by atoms with Gasteiger partial charge in [0.2, 0.25) is 0 Å². The van der Waals surface area contributed by atoms with Crippen molar-refractivity contribution in [1.29, 1.82) is 0 Å². The zero-order valence-electron chi connectivity index (χ0n) is 10.6. The number of aromatic amines is 1. The van der Waals surface area contributed by atoms with Gasteiger partial charge in [0.15, 0.2) is 0 Å². The van der Waals surface area contributed by atoms with Crippen LogP contribution in [0.25, 0.3) is 0 Å². The lowest BCUT2D eigenvalue weighted by atomic mass is 10.1. The first kappa shape index (κ1) is 15.0. The molecule has 8 heteroatoms. The maximum Gasteiger partial charge on any atom is 0.339 e. The normalized spacial score (nSPS) is 10.5. The van der Waals surface area contributed by atoms with Crippen LogP contribution >= 0.6 is 11.6 Å². The number of rotatable bonds is 3. The molecule has 0 spiro atoms. The van der Waals surface area contributed by atoms with Crippen LogP contribution in [-0.4, -0.2) is 22.0 Å². The Hall–Kier alpha value is -2.41. The zero-order chi connectivity index (χ0) is 15.7. The lowest BCUT2D eigenvalue weighted by molar-refractivity contribution is 0.0697. The summed E-state index contributed by atoms with van der Waals surface area (Å²) in [6.45, 7) is 1.50. The standard InChI is InChI=1S/C13H9ClF2N2O3/c1-5-11(13(20)21)10(4-17-5)18-12(19)6-2-9(16)7(14)3-8(6)15/h2-4,17H,1H3,(H,18,19)(H,20,21). The first-order valence-electron chi connectivity index (χ1n) is 5.68. The predicted molar refractivity (Wildman–Crippen MR) is 71.8 cm³/mol. The summed E-state index contributed by atoms with van der Waals surface area (Å²) in [5.74, 6) is -4.20. The average Bonchev–Trinajstić information content (AvgIpc) is 2.74. The maximum absolute atomic E-state index is 13.6. The molecule has 0 fully saturated rings. The van der Waals surface area contributed by atoms with Gasteiger partial charge in [0.25, 0.3) is 5.91 Å². The van der Waals surface area contributed by atoms with Crippen molar-refractivity contribution in [1.82, 2.24) is 4.98 Å². The molecule has 110 valence electrons. The number of hydrogen-bond donors (Lipinski definition) is 3. The molecule has 2 aromatic rings. The van der Waals surface area contributed by atoms with E-state index in [1.807, 2.05) is 0 Å². The fourth-order valence-corrected chi connectivity index (χ4v) is 1.94. The van der Waals surface area contributed by atoms with E-state index in [2.05, 4.69) is 10.3 Å². The number of aromatic carboxylic acids is 1. The number of H-pyrrole nitrogens is 1. The topological polar surface area (TPSA) is 82.2 Å². The fraction of sp³-hybridized carbons (Fsp3) is 0.0769. The van der Waals surface area contributed by atoms with Crippen molar-refractivity contribution >= 4 is 29.2 Å². The Morgan fingerprint density at radius 3 is 2.57 bits per heavy atom. The van der Waals surface area contributed by atoms with E-state index in [1.54, 1.807) is 0 Å². The lowest BCUT2D eigenvalue weighted by Gasteiger charge is -2.07. The van der Waals surface area contributed by atoms with Crippen molar-refractivity contribution in [2.24, 2.45) is 0 Å². The first-order valence-corrected chi connectivity index (χ1v) is 6.06. The van der Waals surface area contributed by atoms with Crippen LogP contribution < -0.4 is 5.32 Å². The number of amides is 1. The van der Waals surface area contributed by atoms with Gasteiger partial charge in [-0.15, -0.1) is 0 Å². The molecule has 0 atom stereocenters. The van der Waals surface area contributed by atoms with Gasteiger partial charge in [0.05, 0.1) is 16.3 Å². The van der Waals surface area contributed by atoms with Gasteiger partial charge in [-0.05, 0) is 19.1 Å². The third-order valence-corrected chi connectivity index (χ3v) is 3.08. The molecule has 0 saturated heterocycles. The molecule has 0 radical (unpaired) electrons. The average molecular weight is 315 g/mol. The van der Waals surface area contributed by atoms with Crippen LogP contribution in [0, 0.1) is 18.6 Å². The van der Waals surface area contributed by atoms with Crippen LogP contribution in [0.2, 0.25) is 5.02 Å². The summed E-state index contributed by atoms with van der Waals surface area (Å²) in [6, 6.07) is 1.32. The van der Waals surface area contributed by atoms with Crippen molar-refractivity contribution in [2.75, 3.05) is 5.32 Å². The molecule has 5 nitrogen and oxygen atoms in total. The molecule has 0 bridgehead atoms. The molecule has 21 heavy (non-hydrogen) atoms. The molecule has 1 amide bonds. The summed E-state index contributed by atoms with van der Waals surface area (Å²) >= 11 is 5.39. The van der Waals surface area contributed by atoms with Crippen molar-refractivity contribution < 1.29 is 23.5 Å². The number of anilines is 1. The minimum absolute atomic E-state index is 0.0419. The second kappa shape index (κ2) is 5.53. The Morgan fingerprint density at radius 1 is 1.29 bits per heavy atom. The molecular weight excluding hydrogens is 306 g/mol. The molecule has 1 heterocycles. The van der Waals surface area contributed by atoms with Gasteiger partial charge in [0.1, 0.15) is 17.2 Å². The Bertz CT molecular complexity index is 743. The minimum Gasteiger partial charge on any atom is -0.478 e. The van der Waals surface area contributed by atoms with E-state index in [0.29, 0.717) is 17.8 Å². The largest absolute Gasteiger partial charge is 0.478 e. The lowest BCUT2D eigenvalue weighted by Crippen LogP contribution is -2.16. The van der Waals surface area contributed by atoms with Crippen molar-refractivity contribution in [2.45, 2.75) is 6.92 Å². The molecule has 0 saturated carbocycles. The number of aromatic nitrogens is 1. The van der Waals surface area contributed by atoms with E-state index in [1.165, 1.54) is 13.1 Å². The molecule has 0 unspecified atom stereocenters. The highest BCUT2D eigenvalue weighted by atomic mass is 35.5. The number of hydrogen-bond acceptors (Lipinski definition) is 2. The van der Waals surface area contributed by atoms with Gasteiger partial charge in [-0.25, -0.2) is 13.6 Å². The molecular formula is C13H9ClF2N2O3. The van der Waals surface area contributed by atoms with Gasteiger partial charge in [-0.3, -0.25) is 4.79 Å². The van der Waals surface area contributed by atoms with Crippen LogP contribution in [-0.2, 0) is 0 Å². The third kappa shape index (κ3) is 2.87. The van der Waals surface area contributed by atoms with E-state index in [4.69, 9.17) is 16.7 Å². The van der Waals surface area contributed by atoms with E-state index in [0.717, 1.165) is 0 Å². The minimum atomic E-state index is -1.26. The summed E-state index contributed by atoms with van der Waals surface area (Å²) in [5, 5.41) is 10.8. The molecule has 3 N–H and O–H groups in total. The maximum atomic E-state index is 13.6. The second-order valence-electron chi connectivity index (χ2n) is 4.21. The van der Waals surface area contributed by atoms with Crippen molar-refractivity contribution in [3.05, 3.63) is 51.8 Å². The highest BCUT2D eigenvalue weighted by Gasteiger charge is 2.20. The molecule has 1 aromatic carbocycles. The molecule has 0 aliphatic heterocycles. The summed E-state index contributed by atoms with van der Waals surface area (Å²) in [7, 11) is 0. The Morgan fingerprint density at radius 2 is 1.95 bits per heavy atom. The van der Waals surface area contributed by atoms with Crippen LogP contribution in [0.4, 0.5) is 14.5 Å². The van der Waals surface area contributed by atoms with Gasteiger partial charge in [-0.2, -0.15) is 0 Å². The quantitative estimate of drug-likeness (QED) is 0.761. The number of nitrogens with one attached hydrogen (secondary N) is 2. The van der Waals surface area contributed by atoms with Crippen LogP contribution in [0.15, 0.2) is 18.3 Å². The Kier molecular flexibility index (Phi) is 3.95. The number of carboxylic acid groups (broad SMARTS) is 1. The second-order valence-corrected chi connectivity index (χ2v) is 4.61. The summed E-state index contributed by atoms with van der Waals surface area (Å²) < 4.78 is 26.9. The number of halogens is 3. The van der Waals surface area contributed by atoms with E-state index in [-0.39, 0.29) is 11.3 Å². The summed E-state index contributed by atoms with van der Waals surface area (Å²) in [6.07, 6.45) is 1.25. The highest BCUT2D eigenvalue weighted by molar-refractivity contribution is 6.30. The monoisotopic (exact) mass is 314 g/mol.